The maximum atomic E-state index is 4.33. The van der Waals surface area contributed by atoms with Gasteiger partial charge >= 0.3 is 0 Å². The second-order valence-electron chi connectivity index (χ2n) is 4.12. The van der Waals surface area contributed by atoms with Gasteiger partial charge in [0.1, 0.15) is 17.0 Å². The number of nitrogens with one attached hydrogen (secondary N) is 2. The number of thiophene rings is 1. The van der Waals surface area contributed by atoms with E-state index in [0.29, 0.717) is 6.54 Å². The number of aromatic amines is 1. The number of rotatable bonds is 3. The van der Waals surface area contributed by atoms with Gasteiger partial charge in [-0.25, -0.2) is 15.0 Å². The number of fused-ring (bicyclic) bond motifs is 1. The van der Waals surface area contributed by atoms with Crippen molar-refractivity contribution in [1.82, 2.24) is 19.9 Å². The third-order valence-electron chi connectivity index (χ3n) is 2.97. The van der Waals surface area contributed by atoms with E-state index in [9.17, 15) is 0 Å². The molecule has 6 heteroatoms. The van der Waals surface area contributed by atoms with E-state index in [1.807, 2.05) is 0 Å². The lowest BCUT2D eigenvalue weighted by molar-refractivity contribution is 1.05. The quantitative estimate of drug-likeness (QED) is 0.759. The van der Waals surface area contributed by atoms with Crippen LogP contribution in [0.15, 0.2) is 18.9 Å². The molecule has 0 amide bonds. The lowest BCUT2D eigenvalue weighted by Gasteiger charge is -2.05. The molecule has 0 aliphatic heterocycles. The highest BCUT2D eigenvalue weighted by Crippen LogP contribution is 2.32. The molecule has 3 heterocycles. The van der Waals surface area contributed by atoms with Crippen LogP contribution in [0, 0.1) is 13.8 Å². The molecule has 3 aromatic heterocycles. The molecule has 0 aromatic carbocycles. The summed E-state index contributed by atoms with van der Waals surface area (Å²) >= 11 is 1.70. The average Bonchev–Trinajstić information content (AvgIpc) is 2.97. The van der Waals surface area contributed by atoms with Crippen molar-refractivity contribution in [3.63, 3.8) is 0 Å². The minimum Gasteiger partial charge on any atom is -0.364 e. The summed E-state index contributed by atoms with van der Waals surface area (Å²) in [5.74, 6) is 0.886. The molecule has 5 nitrogen and oxygen atoms in total. The Balaban J connectivity index is 1.96. The highest BCUT2D eigenvalue weighted by atomic mass is 32.1. The third-order valence-corrected chi connectivity index (χ3v) is 4.08. The summed E-state index contributed by atoms with van der Waals surface area (Å²) in [5.41, 5.74) is 2.29. The Bertz CT molecular complexity index is 671. The lowest BCUT2D eigenvalue weighted by atomic mass is 10.2. The smallest absolute Gasteiger partial charge is 0.138 e. The molecule has 3 aromatic rings. The van der Waals surface area contributed by atoms with Crippen LogP contribution in [0.1, 0.15) is 16.1 Å². The van der Waals surface area contributed by atoms with Crippen LogP contribution in [0.25, 0.3) is 10.2 Å². The van der Waals surface area contributed by atoms with Crippen LogP contribution in [0.5, 0.6) is 0 Å². The van der Waals surface area contributed by atoms with E-state index in [1.165, 1.54) is 10.4 Å². The Morgan fingerprint density at radius 1 is 1.33 bits per heavy atom. The highest BCUT2D eigenvalue weighted by Gasteiger charge is 2.11. The predicted molar refractivity (Wildman–Crippen MR) is 72.8 cm³/mol. The van der Waals surface area contributed by atoms with Gasteiger partial charge in [-0.05, 0) is 19.4 Å². The minimum absolute atomic E-state index is 0.681. The van der Waals surface area contributed by atoms with Gasteiger partial charge < -0.3 is 10.3 Å². The number of nitrogens with zero attached hydrogens (tertiary/aromatic N) is 3. The zero-order valence-corrected chi connectivity index (χ0v) is 11.0. The molecule has 3 rings (SSSR count). The maximum absolute atomic E-state index is 4.33. The predicted octanol–water partition coefficient (Wildman–Crippen LogP) is 2.64. The molecular weight excluding hydrogens is 246 g/mol. The molecule has 0 aliphatic rings. The Morgan fingerprint density at radius 2 is 2.22 bits per heavy atom. The second-order valence-corrected chi connectivity index (χ2v) is 5.32. The molecule has 0 spiro atoms. The maximum Gasteiger partial charge on any atom is 0.138 e. The molecule has 92 valence electrons. The van der Waals surface area contributed by atoms with E-state index < -0.39 is 0 Å². The van der Waals surface area contributed by atoms with Crippen LogP contribution in [-0.4, -0.2) is 19.9 Å². The second kappa shape index (κ2) is 4.38. The van der Waals surface area contributed by atoms with Gasteiger partial charge in [-0.3, -0.25) is 0 Å². The van der Waals surface area contributed by atoms with E-state index >= 15 is 0 Å². The monoisotopic (exact) mass is 259 g/mol. The van der Waals surface area contributed by atoms with Gasteiger partial charge in [0.25, 0.3) is 0 Å². The number of imidazole rings is 1. The van der Waals surface area contributed by atoms with Gasteiger partial charge in [-0.1, -0.05) is 0 Å². The number of anilines is 1. The summed E-state index contributed by atoms with van der Waals surface area (Å²) in [6.45, 7) is 4.90. The van der Waals surface area contributed by atoms with Gasteiger partial charge in [0, 0.05) is 11.1 Å². The zero-order chi connectivity index (χ0) is 12.5. The highest BCUT2D eigenvalue weighted by molar-refractivity contribution is 7.18. The summed E-state index contributed by atoms with van der Waals surface area (Å²) in [4.78, 5) is 18.0. The lowest BCUT2D eigenvalue weighted by Crippen LogP contribution is -2.02. The van der Waals surface area contributed by atoms with Gasteiger partial charge in [-0.15, -0.1) is 11.3 Å². The summed E-state index contributed by atoms with van der Waals surface area (Å²) in [6.07, 6.45) is 5.08. The summed E-state index contributed by atoms with van der Waals surface area (Å²) < 4.78 is 0. The Kier molecular flexibility index (Phi) is 2.71. The van der Waals surface area contributed by atoms with E-state index in [-0.39, 0.29) is 0 Å². The average molecular weight is 259 g/mol. The number of hydrogen-bond donors (Lipinski definition) is 2. The van der Waals surface area contributed by atoms with Crippen molar-refractivity contribution in [3.8, 4) is 0 Å². The molecule has 0 saturated carbocycles. The Morgan fingerprint density at radius 3 is 3.00 bits per heavy atom. The molecule has 18 heavy (non-hydrogen) atoms. The summed E-state index contributed by atoms with van der Waals surface area (Å²) in [6, 6.07) is 0. The van der Waals surface area contributed by atoms with Crippen molar-refractivity contribution < 1.29 is 0 Å². The van der Waals surface area contributed by atoms with Crippen molar-refractivity contribution in [1.29, 1.82) is 0 Å². The number of hydrogen-bond acceptors (Lipinski definition) is 5. The van der Waals surface area contributed by atoms with E-state index in [2.05, 4.69) is 39.1 Å². The fraction of sp³-hybridized carbons (Fsp3) is 0.250. The van der Waals surface area contributed by atoms with Crippen LogP contribution < -0.4 is 5.32 Å². The Labute approximate surface area is 108 Å². The van der Waals surface area contributed by atoms with Crippen LogP contribution >= 0.6 is 11.3 Å². The van der Waals surface area contributed by atoms with Crippen molar-refractivity contribution in [2.75, 3.05) is 5.32 Å². The molecule has 0 aliphatic carbocycles. The number of H-pyrrole nitrogens is 1. The first-order valence-corrected chi connectivity index (χ1v) is 6.49. The first-order chi connectivity index (χ1) is 8.75. The van der Waals surface area contributed by atoms with Crippen molar-refractivity contribution in [2.45, 2.75) is 20.4 Å². The normalized spacial score (nSPS) is 11.0. The summed E-state index contributed by atoms with van der Waals surface area (Å²) in [7, 11) is 0. The third kappa shape index (κ3) is 1.84. The number of aromatic nitrogens is 4. The van der Waals surface area contributed by atoms with Crippen molar-refractivity contribution in [3.05, 3.63) is 35.0 Å². The fourth-order valence-electron chi connectivity index (χ4n) is 1.88. The van der Waals surface area contributed by atoms with Crippen LogP contribution in [-0.2, 0) is 6.54 Å². The van der Waals surface area contributed by atoms with Crippen LogP contribution in [0.4, 0.5) is 5.82 Å². The standard InChI is InChI=1S/C12H13N5S/c1-7-8(2)18-12-10(7)11(16-6-17-12)14-4-9-3-13-5-15-9/h3,5-6H,4H2,1-2H3,(H,13,15)(H,14,16,17). The van der Waals surface area contributed by atoms with Crippen LogP contribution in [0.3, 0.4) is 0 Å². The molecule has 0 unspecified atom stereocenters. The SMILES string of the molecule is Cc1sc2ncnc(NCc3cnc[nH]3)c2c1C. The van der Waals surface area contributed by atoms with E-state index in [1.54, 1.807) is 30.2 Å². The molecule has 0 radical (unpaired) electrons. The zero-order valence-electron chi connectivity index (χ0n) is 10.2. The Hall–Kier alpha value is -1.95. The first kappa shape index (κ1) is 11.2. The van der Waals surface area contributed by atoms with E-state index in [0.717, 1.165) is 21.7 Å². The van der Waals surface area contributed by atoms with Gasteiger partial charge in [-0.2, -0.15) is 0 Å². The summed E-state index contributed by atoms with van der Waals surface area (Å²) in [5, 5.41) is 4.45. The fourth-order valence-corrected chi connectivity index (χ4v) is 2.87. The van der Waals surface area contributed by atoms with Crippen LogP contribution in [0.2, 0.25) is 0 Å². The molecule has 0 atom stereocenters. The molecule has 2 N–H and O–H groups in total. The molecule has 0 fully saturated rings. The topological polar surface area (TPSA) is 66.5 Å². The molecule has 0 saturated heterocycles. The van der Waals surface area contributed by atoms with Gasteiger partial charge in [0.15, 0.2) is 0 Å². The van der Waals surface area contributed by atoms with Crippen molar-refractivity contribution in [2.24, 2.45) is 0 Å². The van der Waals surface area contributed by atoms with Gasteiger partial charge in [0.2, 0.25) is 0 Å². The first-order valence-electron chi connectivity index (χ1n) is 5.67. The van der Waals surface area contributed by atoms with E-state index in [4.69, 9.17) is 0 Å². The largest absolute Gasteiger partial charge is 0.364 e. The number of aryl methyl sites for hydroxylation is 2. The van der Waals surface area contributed by atoms with Gasteiger partial charge in [0.05, 0.1) is 24.0 Å². The molecular formula is C12H13N5S. The molecule has 0 bridgehead atoms. The van der Waals surface area contributed by atoms with Crippen molar-refractivity contribution >= 4 is 27.4 Å². The minimum atomic E-state index is 0.681.